The van der Waals surface area contributed by atoms with Crippen LogP contribution in [0.15, 0.2) is 23.2 Å². The second-order valence-electron chi connectivity index (χ2n) is 3.66. The molecule has 0 fully saturated rings. The Balaban J connectivity index is 3.04. The first-order valence-electron chi connectivity index (χ1n) is 6.00. The van der Waals surface area contributed by atoms with Crippen molar-refractivity contribution in [3.63, 3.8) is 0 Å². The molecule has 6 nitrogen and oxygen atoms in total. The molecule has 19 heavy (non-hydrogen) atoms. The summed E-state index contributed by atoms with van der Waals surface area (Å²) in [4.78, 5) is 3.72. The van der Waals surface area contributed by atoms with Gasteiger partial charge in [0.25, 0.3) is 0 Å². The zero-order valence-corrected chi connectivity index (χ0v) is 11.9. The van der Waals surface area contributed by atoms with Gasteiger partial charge in [0.2, 0.25) is 10.0 Å². The van der Waals surface area contributed by atoms with Crippen molar-refractivity contribution >= 4 is 10.0 Å². The zero-order valence-electron chi connectivity index (χ0n) is 11.0. The van der Waals surface area contributed by atoms with Crippen LogP contribution in [0.25, 0.3) is 0 Å². The summed E-state index contributed by atoms with van der Waals surface area (Å²) >= 11 is 0. The Bertz CT molecular complexity index is 552. The van der Waals surface area contributed by atoms with Crippen LogP contribution >= 0.6 is 0 Å². The molecule has 0 aliphatic carbocycles. The SMILES string of the molecule is CCOCCN(CC)S(=O)(=O)c1cccnc1C#N. The Kier molecular flexibility index (Phi) is 5.89. The lowest BCUT2D eigenvalue weighted by Gasteiger charge is -2.20. The summed E-state index contributed by atoms with van der Waals surface area (Å²) in [6, 6.07) is 4.70. The first-order chi connectivity index (χ1) is 9.07. The summed E-state index contributed by atoms with van der Waals surface area (Å²) in [6.45, 7) is 5.02. The lowest BCUT2D eigenvalue weighted by molar-refractivity contribution is 0.135. The van der Waals surface area contributed by atoms with Gasteiger partial charge in [-0.1, -0.05) is 6.92 Å². The number of ether oxygens (including phenoxy) is 1. The molecule has 0 spiro atoms. The van der Waals surface area contributed by atoms with Gasteiger partial charge in [0.1, 0.15) is 11.0 Å². The van der Waals surface area contributed by atoms with Gasteiger partial charge >= 0.3 is 0 Å². The Labute approximate surface area is 113 Å². The highest BCUT2D eigenvalue weighted by Crippen LogP contribution is 2.17. The van der Waals surface area contributed by atoms with Gasteiger partial charge in [0.05, 0.1) is 6.61 Å². The van der Waals surface area contributed by atoms with Crippen LogP contribution in [-0.4, -0.2) is 44.0 Å². The molecule has 0 N–H and O–H groups in total. The van der Waals surface area contributed by atoms with Gasteiger partial charge in [-0.05, 0) is 19.1 Å². The molecule has 1 aromatic heterocycles. The van der Waals surface area contributed by atoms with Crippen molar-refractivity contribution < 1.29 is 13.2 Å². The minimum atomic E-state index is -3.71. The van der Waals surface area contributed by atoms with E-state index in [1.807, 2.05) is 6.92 Å². The number of nitrogens with zero attached hydrogens (tertiary/aromatic N) is 3. The third kappa shape index (κ3) is 3.73. The average molecular weight is 283 g/mol. The van der Waals surface area contributed by atoms with Crippen molar-refractivity contribution in [2.24, 2.45) is 0 Å². The maximum atomic E-state index is 12.4. The molecule has 0 saturated heterocycles. The van der Waals surface area contributed by atoms with Crippen LogP contribution < -0.4 is 0 Å². The predicted octanol–water partition coefficient (Wildman–Crippen LogP) is 1.00. The van der Waals surface area contributed by atoms with Crippen LogP contribution in [0.1, 0.15) is 19.5 Å². The zero-order chi connectivity index (χ0) is 14.3. The summed E-state index contributed by atoms with van der Waals surface area (Å²) in [7, 11) is -3.71. The minimum Gasteiger partial charge on any atom is -0.380 e. The number of likely N-dealkylation sites (N-methyl/N-ethyl adjacent to an activating group) is 1. The number of hydrogen-bond donors (Lipinski definition) is 0. The second-order valence-corrected chi connectivity index (χ2v) is 5.56. The topological polar surface area (TPSA) is 83.3 Å². The molecule has 0 amide bonds. The van der Waals surface area contributed by atoms with Gasteiger partial charge in [-0.15, -0.1) is 0 Å². The Morgan fingerprint density at radius 2 is 2.21 bits per heavy atom. The lowest BCUT2D eigenvalue weighted by Crippen LogP contribution is -2.34. The highest BCUT2D eigenvalue weighted by molar-refractivity contribution is 7.89. The standard InChI is InChI=1S/C12H17N3O3S/c1-3-15(8-9-18-4-2)19(16,17)12-6-5-7-14-11(12)10-13/h5-7H,3-4,8-9H2,1-2H3. The number of aromatic nitrogens is 1. The Hall–Kier alpha value is -1.49. The lowest BCUT2D eigenvalue weighted by atomic mass is 10.4. The first-order valence-corrected chi connectivity index (χ1v) is 7.44. The van der Waals surface area contributed by atoms with Crippen molar-refractivity contribution in [3.8, 4) is 6.07 Å². The smallest absolute Gasteiger partial charge is 0.246 e. The molecule has 0 aromatic carbocycles. The number of pyridine rings is 1. The molecule has 0 bridgehead atoms. The van der Waals surface area contributed by atoms with E-state index < -0.39 is 10.0 Å². The molecule has 104 valence electrons. The van der Waals surface area contributed by atoms with E-state index in [1.54, 1.807) is 13.0 Å². The van der Waals surface area contributed by atoms with E-state index in [4.69, 9.17) is 10.00 Å². The number of hydrogen-bond acceptors (Lipinski definition) is 5. The monoisotopic (exact) mass is 283 g/mol. The second kappa shape index (κ2) is 7.19. The maximum Gasteiger partial charge on any atom is 0.246 e. The molecule has 0 saturated carbocycles. The predicted molar refractivity (Wildman–Crippen MR) is 69.9 cm³/mol. The molecule has 1 rings (SSSR count). The van der Waals surface area contributed by atoms with Crippen LogP contribution in [0.4, 0.5) is 0 Å². The fourth-order valence-electron chi connectivity index (χ4n) is 1.58. The Morgan fingerprint density at radius 3 is 2.79 bits per heavy atom. The number of nitriles is 1. The largest absolute Gasteiger partial charge is 0.380 e. The summed E-state index contributed by atoms with van der Waals surface area (Å²) in [5, 5.41) is 8.93. The third-order valence-electron chi connectivity index (χ3n) is 2.54. The van der Waals surface area contributed by atoms with Crippen LogP contribution in [0, 0.1) is 11.3 Å². The minimum absolute atomic E-state index is 0.0594. The van der Waals surface area contributed by atoms with Crippen molar-refractivity contribution in [2.45, 2.75) is 18.7 Å². The van der Waals surface area contributed by atoms with Gasteiger partial charge < -0.3 is 4.74 Å². The van der Waals surface area contributed by atoms with Crippen molar-refractivity contribution in [1.29, 1.82) is 5.26 Å². The molecular weight excluding hydrogens is 266 g/mol. The van der Waals surface area contributed by atoms with Gasteiger partial charge in [-0.3, -0.25) is 0 Å². The van der Waals surface area contributed by atoms with E-state index in [0.717, 1.165) is 0 Å². The molecular formula is C12H17N3O3S. The first kappa shape index (κ1) is 15.6. The highest BCUT2D eigenvalue weighted by Gasteiger charge is 2.26. The van der Waals surface area contributed by atoms with E-state index in [-0.39, 0.29) is 17.1 Å². The van der Waals surface area contributed by atoms with Gasteiger partial charge in [-0.25, -0.2) is 13.4 Å². The van der Waals surface area contributed by atoms with Gasteiger partial charge in [0, 0.05) is 25.9 Å². The van der Waals surface area contributed by atoms with E-state index >= 15 is 0 Å². The molecule has 0 unspecified atom stereocenters. The van der Waals surface area contributed by atoms with Crippen LogP contribution in [0.5, 0.6) is 0 Å². The maximum absolute atomic E-state index is 12.4. The number of sulfonamides is 1. The molecule has 0 aliphatic rings. The quantitative estimate of drug-likeness (QED) is 0.697. The fourth-order valence-corrected chi connectivity index (χ4v) is 3.11. The molecule has 7 heteroatoms. The number of rotatable bonds is 7. The van der Waals surface area contributed by atoms with Crippen LogP contribution in [0.3, 0.4) is 0 Å². The summed E-state index contributed by atoms with van der Waals surface area (Å²) in [5.74, 6) is 0. The van der Waals surface area contributed by atoms with Crippen molar-refractivity contribution in [3.05, 3.63) is 24.0 Å². The highest BCUT2D eigenvalue weighted by atomic mass is 32.2. The van der Waals surface area contributed by atoms with Crippen molar-refractivity contribution in [2.75, 3.05) is 26.3 Å². The van der Waals surface area contributed by atoms with Gasteiger partial charge in [0.15, 0.2) is 5.69 Å². The molecule has 0 radical (unpaired) electrons. The normalized spacial score (nSPS) is 11.5. The average Bonchev–Trinajstić information content (AvgIpc) is 2.43. The van der Waals surface area contributed by atoms with Crippen LogP contribution in [-0.2, 0) is 14.8 Å². The van der Waals surface area contributed by atoms with E-state index in [9.17, 15) is 8.42 Å². The fraction of sp³-hybridized carbons (Fsp3) is 0.500. The molecule has 1 heterocycles. The third-order valence-corrected chi connectivity index (χ3v) is 4.54. The van der Waals surface area contributed by atoms with Crippen LogP contribution in [0.2, 0.25) is 0 Å². The van der Waals surface area contributed by atoms with E-state index in [0.29, 0.717) is 19.8 Å². The van der Waals surface area contributed by atoms with Crippen molar-refractivity contribution in [1.82, 2.24) is 9.29 Å². The Morgan fingerprint density at radius 1 is 1.47 bits per heavy atom. The summed E-state index contributed by atoms with van der Waals surface area (Å²) < 4.78 is 31.3. The van der Waals surface area contributed by atoms with E-state index in [1.165, 1.54) is 22.6 Å². The molecule has 0 atom stereocenters. The summed E-state index contributed by atoms with van der Waals surface area (Å²) in [5.41, 5.74) is -0.0858. The molecule has 0 aliphatic heterocycles. The summed E-state index contributed by atoms with van der Waals surface area (Å²) in [6.07, 6.45) is 1.40. The van der Waals surface area contributed by atoms with Gasteiger partial charge in [-0.2, -0.15) is 9.57 Å². The van der Waals surface area contributed by atoms with E-state index in [2.05, 4.69) is 4.98 Å². The molecule has 1 aromatic rings.